The monoisotopic (exact) mass is 560 g/mol. The van der Waals surface area contributed by atoms with E-state index < -0.39 is 5.60 Å². The molecule has 1 aliphatic rings. The summed E-state index contributed by atoms with van der Waals surface area (Å²) in [4.78, 5) is 29.9. The van der Waals surface area contributed by atoms with Crippen molar-refractivity contribution in [3.63, 3.8) is 0 Å². The normalized spacial score (nSPS) is 14.6. The van der Waals surface area contributed by atoms with Gasteiger partial charge in [-0.2, -0.15) is 5.10 Å². The molecule has 0 bridgehead atoms. The van der Waals surface area contributed by atoms with Gasteiger partial charge in [-0.15, -0.1) is 0 Å². The van der Waals surface area contributed by atoms with Gasteiger partial charge in [-0.1, -0.05) is 19.9 Å². The first-order chi connectivity index (χ1) is 19.5. The van der Waals surface area contributed by atoms with Crippen LogP contribution in [0.5, 0.6) is 0 Å². The molecule has 1 aliphatic heterocycles. The van der Waals surface area contributed by atoms with E-state index in [0.717, 1.165) is 36.3 Å². The Morgan fingerprint density at radius 1 is 1.10 bits per heavy atom. The topological polar surface area (TPSA) is 101 Å². The van der Waals surface area contributed by atoms with E-state index >= 15 is 0 Å². The van der Waals surface area contributed by atoms with Crippen LogP contribution in [0, 0.1) is 5.82 Å². The van der Waals surface area contributed by atoms with Gasteiger partial charge in [-0.25, -0.2) is 24.1 Å². The minimum absolute atomic E-state index is 0.193. The number of piperazine rings is 1. The summed E-state index contributed by atoms with van der Waals surface area (Å²) in [6.45, 7) is 13.3. The number of hydrogen-bond donors (Lipinski definition) is 1. The highest BCUT2D eigenvalue weighted by Crippen LogP contribution is 2.31. The van der Waals surface area contributed by atoms with Gasteiger partial charge in [-0.3, -0.25) is 9.58 Å². The van der Waals surface area contributed by atoms with E-state index in [4.69, 9.17) is 4.74 Å². The summed E-state index contributed by atoms with van der Waals surface area (Å²) in [6.07, 6.45) is 3.21. The molecule has 1 saturated heterocycles. The highest BCUT2D eigenvalue weighted by molar-refractivity contribution is 5.87. The lowest BCUT2D eigenvalue weighted by Crippen LogP contribution is -2.49. The van der Waals surface area contributed by atoms with Crippen LogP contribution < -0.4 is 5.32 Å². The Kier molecular flexibility index (Phi) is 7.90. The van der Waals surface area contributed by atoms with Gasteiger partial charge < -0.3 is 15.0 Å². The average Bonchev–Trinajstić information content (AvgIpc) is 3.26. The Bertz CT molecular complexity index is 1540. The standard InChI is InChI=1S/C30H37FN8O2/c1-19(2)27-22-15-21(16-23(31)26(22)36-37(27)6)24-9-10-32-28(34-24)35-25-8-7-20(17-33-25)18-38-11-13-39(14-12-38)29(40)41-30(3,4)5/h7-10,15-17,19H,11-14,18H2,1-6H3,(H,32,33,34,35). The summed E-state index contributed by atoms with van der Waals surface area (Å²) in [5.41, 5.74) is 3.17. The van der Waals surface area contributed by atoms with E-state index in [1.54, 1.807) is 21.8 Å². The van der Waals surface area contributed by atoms with Crippen molar-refractivity contribution in [2.24, 2.45) is 7.05 Å². The number of hydrogen-bond acceptors (Lipinski definition) is 8. The zero-order chi connectivity index (χ0) is 29.3. The molecule has 0 unspecified atom stereocenters. The molecule has 0 radical (unpaired) electrons. The van der Waals surface area contributed by atoms with Gasteiger partial charge in [0.15, 0.2) is 5.82 Å². The summed E-state index contributed by atoms with van der Waals surface area (Å²) in [6, 6.07) is 9.06. The Morgan fingerprint density at radius 3 is 2.51 bits per heavy atom. The van der Waals surface area contributed by atoms with Crippen molar-refractivity contribution in [1.29, 1.82) is 0 Å². The van der Waals surface area contributed by atoms with Gasteiger partial charge in [0.2, 0.25) is 5.95 Å². The zero-order valence-electron chi connectivity index (χ0n) is 24.5. The predicted molar refractivity (Wildman–Crippen MR) is 156 cm³/mol. The lowest BCUT2D eigenvalue weighted by atomic mass is 10.0. The second kappa shape index (κ2) is 11.4. The lowest BCUT2D eigenvalue weighted by Gasteiger charge is -2.35. The van der Waals surface area contributed by atoms with Crippen molar-refractivity contribution in [2.45, 2.75) is 52.7 Å². The molecule has 10 nitrogen and oxygen atoms in total. The van der Waals surface area contributed by atoms with Gasteiger partial charge in [0.25, 0.3) is 0 Å². The molecule has 0 spiro atoms. The van der Waals surface area contributed by atoms with Crippen LogP contribution in [0.15, 0.2) is 42.7 Å². The number of nitrogens with one attached hydrogen (secondary N) is 1. The number of ether oxygens (including phenoxy) is 1. The fraction of sp³-hybridized carbons (Fsp3) is 0.433. The smallest absolute Gasteiger partial charge is 0.410 e. The lowest BCUT2D eigenvalue weighted by molar-refractivity contribution is 0.0139. The Labute approximate surface area is 239 Å². The van der Waals surface area contributed by atoms with Crippen molar-refractivity contribution < 1.29 is 13.9 Å². The molecular formula is C30H37FN8O2. The van der Waals surface area contributed by atoms with Crippen molar-refractivity contribution >= 4 is 28.8 Å². The number of anilines is 2. The fourth-order valence-corrected chi connectivity index (χ4v) is 5.07. The van der Waals surface area contributed by atoms with Crippen LogP contribution in [0.3, 0.4) is 0 Å². The number of amides is 1. The molecule has 0 saturated carbocycles. The molecule has 1 N–H and O–H groups in total. The fourth-order valence-electron chi connectivity index (χ4n) is 5.07. The molecule has 0 aliphatic carbocycles. The summed E-state index contributed by atoms with van der Waals surface area (Å²) in [7, 11) is 1.84. The molecule has 4 heterocycles. The molecule has 5 rings (SSSR count). The van der Waals surface area contributed by atoms with Crippen LogP contribution in [0.4, 0.5) is 21.0 Å². The Morgan fingerprint density at radius 2 is 1.85 bits per heavy atom. The highest BCUT2D eigenvalue weighted by Gasteiger charge is 2.26. The number of aromatic nitrogens is 5. The summed E-state index contributed by atoms with van der Waals surface area (Å²) in [5, 5.41) is 8.31. The Hall–Kier alpha value is -4.12. The van der Waals surface area contributed by atoms with Crippen molar-refractivity contribution in [3.8, 4) is 11.3 Å². The minimum Gasteiger partial charge on any atom is -0.444 e. The van der Waals surface area contributed by atoms with Gasteiger partial charge in [0.1, 0.15) is 16.9 Å². The van der Waals surface area contributed by atoms with Gasteiger partial charge in [0.05, 0.1) is 5.69 Å². The largest absolute Gasteiger partial charge is 0.444 e. The number of nitrogens with zero attached hydrogens (tertiary/aromatic N) is 7. The number of halogens is 1. The van der Waals surface area contributed by atoms with Gasteiger partial charge in [0, 0.05) is 68.8 Å². The first-order valence-electron chi connectivity index (χ1n) is 13.9. The van der Waals surface area contributed by atoms with Crippen molar-refractivity contribution in [2.75, 3.05) is 31.5 Å². The number of benzene rings is 1. The van der Waals surface area contributed by atoms with E-state index in [1.807, 2.05) is 52.2 Å². The predicted octanol–water partition coefficient (Wildman–Crippen LogP) is 5.48. The van der Waals surface area contributed by atoms with Crippen LogP contribution in [0.25, 0.3) is 22.2 Å². The minimum atomic E-state index is -0.494. The van der Waals surface area contributed by atoms with Crippen LogP contribution in [-0.4, -0.2) is 72.4 Å². The molecule has 4 aromatic rings. The number of carbonyl (C=O) groups is 1. The van der Waals surface area contributed by atoms with Crippen LogP contribution in [0.2, 0.25) is 0 Å². The second-order valence-electron chi connectivity index (χ2n) is 11.7. The zero-order valence-corrected chi connectivity index (χ0v) is 24.5. The Balaban J connectivity index is 1.22. The number of pyridine rings is 1. The van der Waals surface area contributed by atoms with Crippen LogP contribution >= 0.6 is 0 Å². The highest BCUT2D eigenvalue weighted by atomic mass is 19.1. The summed E-state index contributed by atoms with van der Waals surface area (Å²) < 4.78 is 22.2. The van der Waals surface area contributed by atoms with Crippen molar-refractivity contribution in [3.05, 3.63) is 59.8 Å². The molecule has 0 atom stereocenters. The molecule has 1 fully saturated rings. The molecule has 3 aromatic heterocycles. The number of carbonyl (C=O) groups excluding carboxylic acids is 1. The first-order valence-corrected chi connectivity index (χ1v) is 13.9. The second-order valence-corrected chi connectivity index (χ2v) is 11.7. The first kappa shape index (κ1) is 28.4. The number of rotatable bonds is 6. The number of aryl methyl sites for hydroxylation is 1. The third-order valence-corrected chi connectivity index (χ3v) is 6.93. The van der Waals surface area contributed by atoms with Gasteiger partial charge >= 0.3 is 6.09 Å². The van der Waals surface area contributed by atoms with Crippen molar-refractivity contribution in [1.82, 2.24) is 34.5 Å². The molecule has 216 valence electrons. The molecule has 11 heteroatoms. The van der Waals surface area contributed by atoms with E-state index in [2.05, 4.69) is 44.1 Å². The van der Waals surface area contributed by atoms with E-state index in [9.17, 15) is 9.18 Å². The maximum absolute atomic E-state index is 15.0. The molecule has 1 amide bonds. The maximum atomic E-state index is 15.0. The third-order valence-electron chi connectivity index (χ3n) is 6.93. The third kappa shape index (κ3) is 6.62. The maximum Gasteiger partial charge on any atom is 0.410 e. The van der Waals surface area contributed by atoms with E-state index in [-0.39, 0.29) is 17.8 Å². The molecular weight excluding hydrogens is 523 g/mol. The van der Waals surface area contributed by atoms with Crippen LogP contribution in [0.1, 0.15) is 51.8 Å². The van der Waals surface area contributed by atoms with E-state index in [0.29, 0.717) is 41.6 Å². The summed E-state index contributed by atoms with van der Waals surface area (Å²) >= 11 is 0. The van der Waals surface area contributed by atoms with Crippen LogP contribution in [-0.2, 0) is 18.3 Å². The molecule has 1 aromatic carbocycles. The number of fused-ring (bicyclic) bond motifs is 1. The average molecular weight is 561 g/mol. The quantitative estimate of drug-likeness (QED) is 0.331. The van der Waals surface area contributed by atoms with E-state index in [1.165, 1.54) is 6.07 Å². The SMILES string of the molecule is CC(C)c1c2cc(-c3ccnc(Nc4ccc(CN5CCN(C(=O)OC(C)(C)C)CC5)cn4)n3)cc(F)c2nn1C. The summed E-state index contributed by atoms with van der Waals surface area (Å²) in [5.74, 6) is 0.795. The van der Waals surface area contributed by atoms with Gasteiger partial charge in [-0.05, 0) is 56.5 Å². The molecule has 41 heavy (non-hydrogen) atoms.